The van der Waals surface area contributed by atoms with Crippen LogP contribution in [0.15, 0.2) is 45.2 Å². The highest BCUT2D eigenvalue weighted by molar-refractivity contribution is 8.13. The van der Waals surface area contributed by atoms with Gasteiger partial charge in [0.05, 0.1) is 25.4 Å². The van der Waals surface area contributed by atoms with Crippen molar-refractivity contribution in [2.75, 3.05) is 19.0 Å². The van der Waals surface area contributed by atoms with E-state index in [9.17, 15) is 43.7 Å². The predicted octanol–water partition coefficient (Wildman–Crippen LogP) is 7.47. The Kier molecular flexibility index (Phi) is 18.2. The third kappa shape index (κ3) is 17.6. The summed E-state index contributed by atoms with van der Waals surface area (Å²) in [7, 11) is -4.62. The first-order valence-electron chi connectivity index (χ1n) is 20.5. The van der Waals surface area contributed by atoms with Gasteiger partial charge in [0.1, 0.15) is 34.8 Å². The summed E-state index contributed by atoms with van der Waals surface area (Å²) in [4.78, 5) is 96.2. The van der Waals surface area contributed by atoms with Crippen LogP contribution in [0.5, 0.6) is 5.75 Å². The summed E-state index contributed by atoms with van der Waals surface area (Å²) in [5, 5.41) is 6.04. The molecule has 1 fully saturated rings. The number of benzene rings is 1. The number of phosphoric acid groups is 1. The van der Waals surface area contributed by atoms with Gasteiger partial charge in [-0.2, -0.15) is 0 Å². The van der Waals surface area contributed by atoms with Gasteiger partial charge >= 0.3 is 31.8 Å². The second-order valence-corrected chi connectivity index (χ2v) is 21.5. The number of amides is 4. The molecule has 0 radical (unpaired) electrons. The van der Waals surface area contributed by atoms with Crippen molar-refractivity contribution in [1.29, 1.82) is 0 Å². The van der Waals surface area contributed by atoms with E-state index in [1.54, 1.807) is 41.5 Å². The molecule has 24 heteroatoms. The van der Waals surface area contributed by atoms with Gasteiger partial charge in [0.15, 0.2) is 5.12 Å². The minimum absolute atomic E-state index is 0.0118. The molecule has 2 N–H and O–H groups in total. The first kappa shape index (κ1) is 54.2. The van der Waals surface area contributed by atoms with Crippen molar-refractivity contribution in [2.45, 2.75) is 144 Å². The van der Waals surface area contributed by atoms with Gasteiger partial charge in [0.2, 0.25) is 0 Å². The number of hydrogen-bond acceptors (Lipinski definition) is 17. The number of carbonyl (C=O) groups excluding carboxylic acids is 5. The maximum Gasteiger partial charge on any atom is 0.530 e. The molecular formula is C41H60N7O15PS. The van der Waals surface area contributed by atoms with E-state index < -0.39 is 96.5 Å². The van der Waals surface area contributed by atoms with Gasteiger partial charge in [0, 0.05) is 40.7 Å². The van der Waals surface area contributed by atoms with Gasteiger partial charge in [-0.25, -0.2) is 23.7 Å². The third-order valence-corrected chi connectivity index (χ3v) is 11.0. The first-order chi connectivity index (χ1) is 29.8. The van der Waals surface area contributed by atoms with Crippen LogP contribution >= 0.6 is 19.6 Å². The highest BCUT2D eigenvalue weighted by Crippen LogP contribution is 2.50. The van der Waals surface area contributed by atoms with E-state index in [1.165, 1.54) is 78.9 Å². The zero-order valence-corrected chi connectivity index (χ0v) is 40.7. The highest BCUT2D eigenvalue weighted by atomic mass is 32.2. The number of thioether (sulfide) groups is 1. The Bertz CT molecular complexity index is 2240. The molecule has 65 heavy (non-hydrogen) atoms. The van der Waals surface area contributed by atoms with E-state index in [2.05, 4.69) is 20.3 Å². The Hall–Kier alpha value is -5.18. The van der Waals surface area contributed by atoms with E-state index in [0.29, 0.717) is 5.56 Å². The van der Waals surface area contributed by atoms with Crippen LogP contribution in [0.1, 0.15) is 107 Å². The predicted molar refractivity (Wildman–Crippen MR) is 237 cm³/mol. The number of rotatable bonds is 15. The van der Waals surface area contributed by atoms with Crippen LogP contribution in [0, 0.1) is 12.3 Å². The fourth-order valence-electron chi connectivity index (χ4n) is 5.50. The summed E-state index contributed by atoms with van der Waals surface area (Å²) in [5.41, 5.74) is 4.54. The average Bonchev–Trinajstić information content (AvgIpc) is 3.54. The van der Waals surface area contributed by atoms with Crippen LogP contribution in [0.25, 0.3) is 10.4 Å². The van der Waals surface area contributed by atoms with Crippen LogP contribution in [0.4, 0.5) is 14.4 Å². The highest BCUT2D eigenvalue weighted by Gasteiger charge is 2.42. The summed E-state index contributed by atoms with van der Waals surface area (Å²) in [5.74, 6) is -1.22. The van der Waals surface area contributed by atoms with E-state index in [-0.39, 0.29) is 46.5 Å². The van der Waals surface area contributed by atoms with E-state index in [0.717, 1.165) is 16.3 Å². The molecule has 0 aliphatic carbocycles. The molecule has 0 saturated carbocycles. The van der Waals surface area contributed by atoms with Crippen molar-refractivity contribution in [3.8, 4) is 5.75 Å². The minimum Gasteiger partial charge on any atom is -0.444 e. The summed E-state index contributed by atoms with van der Waals surface area (Å²) >= 11 is 0.948. The molecule has 1 saturated heterocycles. The Morgan fingerprint density at radius 2 is 1.51 bits per heavy atom. The summed E-state index contributed by atoms with van der Waals surface area (Å²) in [6, 6.07) is 3.02. The Morgan fingerprint density at radius 1 is 0.938 bits per heavy atom. The van der Waals surface area contributed by atoms with Gasteiger partial charge in [0.25, 0.3) is 11.5 Å². The number of phosphoric ester groups is 1. The van der Waals surface area contributed by atoms with Crippen molar-refractivity contribution in [3.05, 3.63) is 72.9 Å². The summed E-state index contributed by atoms with van der Waals surface area (Å²) in [6.45, 7) is 19.9. The van der Waals surface area contributed by atoms with Crippen LogP contribution in [0.2, 0.25) is 0 Å². The molecule has 3 rings (SSSR count). The summed E-state index contributed by atoms with van der Waals surface area (Å²) in [6.07, 6.45) is -4.87. The number of ether oxygens (including phenoxy) is 4. The lowest BCUT2D eigenvalue weighted by Crippen LogP contribution is -2.55. The molecule has 4 amide bonds. The van der Waals surface area contributed by atoms with Crippen molar-refractivity contribution < 1.29 is 61.1 Å². The van der Waals surface area contributed by atoms with Crippen LogP contribution < -0.4 is 21.1 Å². The molecular weight excluding hydrogens is 894 g/mol. The van der Waals surface area contributed by atoms with Crippen LogP contribution in [-0.2, 0) is 48.6 Å². The van der Waals surface area contributed by atoms with Crippen LogP contribution in [0.3, 0.4) is 0 Å². The quantitative estimate of drug-likeness (QED) is 0.0437. The van der Waals surface area contributed by atoms with Crippen LogP contribution in [-0.4, -0.2) is 97.7 Å². The molecule has 1 aromatic carbocycles. The third-order valence-electron chi connectivity index (χ3n) is 8.38. The minimum atomic E-state index is -4.62. The largest absolute Gasteiger partial charge is 0.530 e. The van der Waals surface area contributed by atoms with Crippen molar-refractivity contribution in [3.63, 3.8) is 0 Å². The summed E-state index contributed by atoms with van der Waals surface area (Å²) < 4.78 is 54.7. The smallest absolute Gasteiger partial charge is 0.444 e. The zero-order chi connectivity index (χ0) is 49.3. The Labute approximate surface area is 380 Å². The molecule has 360 valence electrons. The second-order valence-electron chi connectivity index (χ2n) is 18.9. The lowest BCUT2D eigenvalue weighted by molar-refractivity contribution is -0.131. The number of nitrogens with one attached hydrogen (secondary N) is 2. The lowest BCUT2D eigenvalue weighted by atomic mass is 10.00. The lowest BCUT2D eigenvalue weighted by Gasteiger charge is -2.30. The first-order valence-corrected chi connectivity index (χ1v) is 22.9. The molecule has 1 unspecified atom stereocenters. The number of imide groups is 3. The number of aromatic amines is 1. The molecule has 0 bridgehead atoms. The number of azide groups is 1. The van der Waals surface area contributed by atoms with Gasteiger partial charge in [-0.15, -0.1) is 4.90 Å². The molecule has 1 aromatic heterocycles. The monoisotopic (exact) mass is 953 g/mol. The maximum absolute atomic E-state index is 14.3. The topological polar surface area (TPSA) is 286 Å². The number of hydrogen-bond donors (Lipinski definition) is 2. The number of aromatic nitrogens is 2. The average molecular weight is 954 g/mol. The maximum atomic E-state index is 14.3. The number of aryl methyl sites for hydroxylation is 1. The number of carbonyl (C=O) groups is 5. The molecule has 5 atom stereocenters. The standard InChI is InChI=1S/C41H60N7O15PS/c1-24-22-47(34(52)44-31(24)49)30-21-27(45-46-42)29(59-30)23-58-64(56,57-18-19-65-33(51)38(2,3)4)63-26-16-14-25(15-17-26)20-28(43-35(53)60-39(5,6)7)32(50)48(36(54)61-40(8,9)10)37(55)62-41(11,12)13/h14-17,22,27-30H,18-21,23H2,1-13H3,(H,43,53)(H,44,49,52)/t27-,28-,29+,30+,64?/m0/s1. The number of H-pyrrole nitrogens is 1. The normalized spacial score (nSPS) is 18.0. The van der Waals surface area contributed by atoms with Gasteiger partial charge < -0.3 is 28.8 Å². The van der Waals surface area contributed by atoms with E-state index in [1.807, 2.05) is 0 Å². The second kappa shape index (κ2) is 21.9. The molecule has 1 aliphatic heterocycles. The number of nitrogens with zero attached hydrogens (tertiary/aromatic N) is 5. The fraction of sp³-hybridized carbons (Fsp3) is 0.634. The zero-order valence-electron chi connectivity index (χ0n) is 38.9. The van der Waals surface area contributed by atoms with Crippen molar-refractivity contribution in [1.82, 2.24) is 19.8 Å². The molecule has 2 aromatic rings. The van der Waals surface area contributed by atoms with Crippen molar-refractivity contribution in [2.24, 2.45) is 10.5 Å². The Morgan fingerprint density at radius 3 is 2.03 bits per heavy atom. The van der Waals surface area contributed by atoms with Gasteiger partial charge in [-0.05, 0) is 92.5 Å². The Balaban J connectivity index is 1.94. The SMILES string of the molecule is Cc1cn([C@H]2C[C@H](N=[N+]=[N-])[C@@H](COP(=O)(OCCSC(=O)C(C)(C)C)Oc3ccc(C[C@H](NC(=O)OC(C)(C)C)C(=O)N(C(=O)OC(C)(C)C)C(=O)OC(C)(C)C)cc3)O2)c(=O)[nH]c1=O. The van der Waals surface area contributed by atoms with E-state index in [4.69, 9.17) is 32.5 Å². The fourth-order valence-corrected chi connectivity index (χ4v) is 7.62. The number of alkyl carbamates (subject to hydrolysis) is 1. The van der Waals surface area contributed by atoms with E-state index >= 15 is 0 Å². The van der Waals surface area contributed by atoms with Gasteiger partial charge in [-0.3, -0.25) is 33.0 Å². The molecule has 2 heterocycles. The molecule has 22 nitrogen and oxygen atoms in total. The van der Waals surface area contributed by atoms with Crippen molar-refractivity contribution >= 4 is 48.9 Å². The molecule has 0 spiro atoms. The van der Waals surface area contributed by atoms with Gasteiger partial charge in [-0.1, -0.05) is 49.8 Å². The molecule has 1 aliphatic rings.